The lowest BCUT2D eigenvalue weighted by molar-refractivity contribution is 0.141. The first-order valence-corrected chi connectivity index (χ1v) is 7.42. The smallest absolute Gasteiger partial charge is 0.103 e. The second-order valence-electron chi connectivity index (χ2n) is 4.74. The first-order chi connectivity index (χ1) is 10.1. The highest BCUT2D eigenvalue weighted by Gasteiger charge is 2.15. The molecule has 1 aromatic heterocycles. The van der Waals surface area contributed by atoms with Gasteiger partial charge in [-0.3, -0.25) is 4.98 Å². The molecule has 0 unspecified atom stereocenters. The van der Waals surface area contributed by atoms with Gasteiger partial charge in [-0.1, -0.05) is 0 Å². The molecular formula is C16H25N3O2. The maximum absolute atomic E-state index is 9.40. The van der Waals surface area contributed by atoms with Gasteiger partial charge in [0.25, 0.3) is 0 Å². The van der Waals surface area contributed by atoms with Crippen LogP contribution in [0.2, 0.25) is 0 Å². The SMILES string of the molecule is CCOCCN(CCOCC)c1cc(C)nc(C)c1C#N. The van der Waals surface area contributed by atoms with Gasteiger partial charge in [0.15, 0.2) is 0 Å². The lowest BCUT2D eigenvalue weighted by Crippen LogP contribution is -2.32. The van der Waals surface area contributed by atoms with Gasteiger partial charge in [0.2, 0.25) is 0 Å². The second kappa shape index (κ2) is 9.32. The molecule has 0 radical (unpaired) electrons. The number of hydrogen-bond acceptors (Lipinski definition) is 5. The summed E-state index contributed by atoms with van der Waals surface area (Å²) < 4.78 is 10.9. The van der Waals surface area contributed by atoms with Crippen LogP contribution in [0, 0.1) is 25.2 Å². The molecule has 5 heteroatoms. The largest absolute Gasteiger partial charge is 0.380 e. The monoisotopic (exact) mass is 291 g/mol. The Morgan fingerprint density at radius 3 is 2.19 bits per heavy atom. The Morgan fingerprint density at radius 2 is 1.71 bits per heavy atom. The first-order valence-electron chi connectivity index (χ1n) is 7.42. The van der Waals surface area contributed by atoms with Gasteiger partial charge >= 0.3 is 0 Å². The van der Waals surface area contributed by atoms with Crippen LogP contribution in [0.5, 0.6) is 0 Å². The van der Waals surface area contributed by atoms with Crippen LogP contribution in [-0.2, 0) is 9.47 Å². The van der Waals surface area contributed by atoms with Crippen LogP contribution in [0.3, 0.4) is 0 Å². The summed E-state index contributed by atoms with van der Waals surface area (Å²) in [6.07, 6.45) is 0. The number of anilines is 1. The number of aromatic nitrogens is 1. The Balaban J connectivity index is 2.97. The van der Waals surface area contributed by atoms with Crippen molar-refractivity contribution in [1.29, 1.82) is 5.26 Å². The van der Waals surface area contributed by atoms with Crippen molar-refractivity contribution in [1.82, 2.24) is 4.98 Å². The Kier molecular flexibility index (Phi) is 7.73. The zero-order valence-corrected chi connectivity index (χ0v) is 13.5. The van der Waals surface area contributed by atoms with E-state index in [2.05, 4.69) is 16.0 Å². The number of rotatable bonds is 9. The molecule has 116 valence electrons. The van der Waals surface area contributed by atoms with Crippen molar-refractivity contribution in [3.05, 3.63) is 23.0 Å². The summed E-state index contributed by atoms with van der Waals surface area (Å²) in [7, 11) is 0. The van der Waals surface area contributed by atoms with Gasteiger partial charge in [-0.05, 0) is 33.8 Å². The van der Waals surface area contributed by atoms with Crippen LogP contribution in [0.15, 0.2) is 6.07 Å². The summed E-state index contributed by atoms with van der Waals surface area (Å²) in [5.74, 6) is 0. The zero-order chi connectivity index (χ0) is 15.7. The van der Waals surface area contributed by atoms with Crippen molar-refractivity contribution in [3.8, 4) is 6.07 Å². The summed E-state index contributed by atoms with van der Waals surface area (Å²) in [4.78, 5) is 6.51. The van der Waals surface area contributed by atoms with E-state index in [1.165, 1.54) is 0 Å². The van der Waals surface area contributed by atoms with Crippen LogP contribution in [-0.4, -0.2) is 44.5 Å². The molecule has 0 saturated carbocycles. The highest BCUT2D eigenvalue weighted by molar-refractivity contribution is 5.61. The Labute approximate surface area is 127 Å². The molecule has 0 atom stereocenters. The normalized spacial score (nSPS) is 10.4. The second-order valence-corrected chi connectivity index (χ2v) is 4.74. The number of nitrogens with zero attached hydrogens (tertiary/aromatic N) is 3. The molecule has 0 fully saturated rings. The lowest BCUT2D eigenvalue weighted by atomic mass is 10.1. The minimum Gasteiger partial charge on any atom is -0.380 e. The highest BCUT2D eigenvalue weighted by Crippen LogP contribution is 2.23. The molecular weight excluding hydrogens is 266 g/mol. The van der Waals surface area contributed by atoms with Crippen molar-refractivity contribution in [2.24, 2.45) is 0 Å². The van der Waals surface area contributed by atoms with E-state index < -0.39 is 0 Å². The van der Waals surface area contributed by atoms with E-state index in [4.69, 9.17) is 9.47 Å². The van der Waals surface area contributed by atoms with Crippen LogP contribution >= 0.6 is 0 Å². The Hall–Kier alpha value is -1.64. The Bertz CT molecular complexity index is 473. The zero-order valence-electron chi connectivity index (χ0n) is 13.5. The van der Waals surface area contributed by atoms with Crippen LogP contribution < -0.4 is 4.90 Å². The summed E-state index contributed by atoms with van der Waals surface area (Å²) in [6, 6.07) is 4.23. The summed E-state index contributed by atoms with van der Waals surface area (Å²) in [5.41, 5.74) is 3.24. The highest BCUT2D eigenvalue weighted by atomic mass is 16.5. The third-order valence-corrected chi connectivity index (χ3v) is 3.18. The summed E-state index contributed by atoms with van der Waals surface area (Å²) >= 11 is 0. The van der Waals surface area contributed by atoms with Gasteiger partial charge in [-0.15, -0.1) is 0 Å². The summed E-state index contributed by atoms with van der Waals surface area (Å²) in [6.45, 7) is 11.9. The van der Waals surface area contributed by atoms with Crippen molar-refractivity contribution >= 4 is 5.69 Å². The third kappa shape index (κ3) is 5.33. The minimum absolute atomic E-state index is 0.633. The van der Waals surface area contributed by atoms with E-state index >= 15 is 0 Å². The van der Waals surface area contributed by atoms with Gasteiger partial charge in [-0.25, -0.2) is 0 Å². The maximum atomic E-state index is 9.40. The number of ether oxygens (including phenoxy) is 2. The number of nitriles is 1. The lowest BCUT2D eigenvalue weighted by Gasteiger charge is -2.26. The fraction of sp³-hybridized carbons (Fsp3) is 0.625. The van der Waals surface area contributed by atoms with Crippen molar-refractivity contribution in [2.45, 2.75) is 27.7 Å². The molecule has 0 spiro atoms. The van der Waals surface area contributed by atoms with Gasteiger partial charge in [-0.2, -0.15) is 5.26 Å². The molecule has 1 heterocycles. The number of pyridine rings is 1. The molecule has 0 bridgehead atoms. The van der Waals surface area contributed by atoms with E-state index in [1.54, 1.807) is 0 Å². The third-order valence-electron chi connectivity index (χ3n) is 3.18. The Morgan fingerprint density at radius 1 is 1.14 bits per heavy atom. The molecule has 0 amide bonds. The fourth-order valence-corrected chi connectivity index (χ4v) is 2.19. The first kappa shape index (κ1) is 17.4. The van der Waals surface area contributed by atoms with E-state index in [9.17, 15) is 5.26 Å². The van der Waals surface area contributed by atoms with Crippen molar-refractivity contribution < 1.29 is 9.47 Å². The molecule has 21 heavy (non-hydrogen) atoms. The molecule has 0 aliphatic heterocycles. The van der Waals surface area contributed by atoms with Gasteiger partial charge in [0.1, 0.15) is 6.07 Å². The van der Waals surface area contributed by atoms with Gasteiger partial charge in [0.05, 0.1) is 30.2 Å². The van der Waals surface area contributed by atoms with E-state index in [1.807, 2.05) is 33.8 Å². The standard InChI is InChI=1S/C16H25N3O2/c1-5-20-9-7-19(8-10-21-6-2)16-11-13(3)18-14(4)15(16)12-17/h11H,5-10H2,1-4H3. The number of aryl methyl sites for hydroxylation is 2. The molecule has 0 aliphatic carbocycles. The van der Waals surface area contributed by atoms with E-state index in [0.29, 0.717) is 32.0 Å². The molecule has 0 aromatic carbocycles. The van der Waals surface area contributed by atoms with Crippen molar-refractivity contribution in [3.63, 3.8) is 0 Å². The van der Waals surface area contributed by atoms with Crippen LogP contribution in [0.25, 0.3) is 0 Å². The topological polar surface area (TPSA) is 58.4 Å². The number of hydrogen-bond donors (Lipinski definition) is 0. The van der Waals surface area contributed by atoms with Crippen LogP contribution in [0.1, 0.15) is 30.8 Å². The van der Waals surface area contributed by atoms with Crippen molar-refractivity contribution in [2.75, 3.05) is 44.4 Å². The maximum Gasteiger partial charge on any atom is 0.103 e. The van der Waals surface area contributed by atoms with Gasteiger partial charge < -0.3 is 14.4 Å². The van der Waals surface area contributed by atoms with E-state index in [-0.39, 0.29) is 0 Å². The average Bonchev–Trinajstić information content (AvgIpc) is 2.45. The average molecular weight is 291 g/mol. The predicted octanol–water partition coefficient (Wildman–Crippen LogP) is 2.45. The molecule has 0 aliphatic rings. The molecule has 1 rings (SSSR count). The molecule has 5 nitrogen and oxygen atoms in total. The van der Waals surface area contributed by atoms with Gasteiger partial charge in [0, 0.05) is 32.0 Å². The van der Waals surface area contributed by atoms with E-state index in [0.717, 1.165) is 30.2 Å². The fourth-order valence-electron chi connectivity index (χ4n) is 2.19. The predicted molar refractivity (Wildman–Crippen MR) is 83.6 cm³/mol. The molecule has 0 saturated heterocycles. The quantitative estimate of drug-likeness (QED) is 0.654. The molecule has 0 N–H and O–H groups in total. The molecule has 1 aromatic rings. The summed E-state index contributed by atoms with van der Waals surface area (Å²) in [5, 5.41) is 9.40. The minimum atomic E-state index is 0.633. The van der Waals surface area contributed by atoms with Crippen LogP contribution in [0.4, 0.5) is 5.69 Å².